The zero-order chi connectivity index (χ0) is 19.9. The van der Waals surface area contributed by atoms with E-state index in [9.17, 15) is 9.59 Å². The largest absolute Gasteiger partial charge is 0.370 e. The topological polar surface area (TPSA) is 87.3 Å². The number of nitrogens with zero attached hydrogens (tertiary/aromatic N) is 2. The number of nitrogens with one attached hydrogen (secondary N) is 2. The van der Waals surface area contributed by atoms with Crippen LogP contribution < -0.4 is 15.8 Å². The van der Waals surface area contributed by atoms with E-state index >= 15 is 0 Å². The fraction of sp³-hybridized carbons (Fsp3) is 0.286. The van der Waals surface area contributed by atoms with Gasteiger partial charge in [-0.1, -0.05) is 30.3 Å². The molecule has 3 aromatic rings. The van der Waals surface area contributed by atoms with Gasteiger partial charge in [0, 0.05) is 25.3 Å². The molecule has 1 atom stereocenters. The molecule has 0 fully saturated rings. The molecule has 0 radical (unpaired) electrons. The third-order valence-corrected chi connectivity index (χ3v) is 4.55. The number of anilines is 1. The summed E-state index contributed by atoms with van der Waals surface area (Å²) >= 11 is 0. The van der Waals surface area contributed by atoms with E-state index in [0.717, 1.165) is 5.69 Å². The van der Waals surface area contributed by atoms with Gasteiger partial charge >= 0.3 is 0 Å². The molecule has 3 rings (SSSR count). The summed E-state index contributed by atoms with van der Waals surface area (Å²) in [7, 11) is 1.99. The van der Waals surface area contributed by atoms with Crippen molar-refractivity contribution in [3.63, 3.8) is 0 Å². The summed E-state index contributed by atoms with van der Waals surface area (Å²) in [6.07, 6.45) is 0. The Hall–Kier alpha value is -3.19. The molecule has 0 spiro atoms. The van der Waals surface area contributed by atoms with E-state index < -0.39 is 0 Å². The number of aromatic nitrogens is 2. The molecule has 1 unspecified atom stereocenters. The maximum Gasteiger partial charge on any atom is 0.258 e. The zero-order valence-corrected chi connectivity index (χ0v) is 16.0. The van der Waals surface area contributed by atoms with Crippen molar-refractivity contribution in [1.82, 2.24) is 15.3 Å². The smallest absolute Gasteiger partial charge is 0.258 e. The molecule has 0 aliphatic heterocycles. The predicted octanol–water partition coefficient (Wildman–Crippen LogP) is 2.08. The maximum absolute atomic E-state index is 12.0. The number of carbonyl (C=O) groups excluding carboxylic acids is 1. The Bertz CT molecular complexity index is 988. The molecular formula is C21H24N4O3. The van der Waals surface area contributed by atoms with E-state index in [1.807, 2.05) is 50.4 Å². The first-order chi connectivity index (χ1) is 13.5. The molecule has 0 saturated carbocycles. The lowest BCUT2D eigenvalue weighted by molar-refractivity contribution is -0.126. The molecule has 2 N–H and O–H groups in total. The van der Waals surface area contributed by atoms with Crippen molar-refractivity contribution < 1.29 is 9.53 Å². The Labute approximate surface area is 163 Å². The molecule has 2 aromatic carbocycles. The molecule has 7 heteroatoms. The molecule has 1 heterocycles. The molecule has 0 aliphatic carbocycles. The van der Waals surface area contributed by atoms with Crippen LogP contribution in [0.2, 0.25) is 0 Å². The van der Waals surface area contributed by atoms with Crippen LogP contribution in [-0.2, 0) is 16.1 Å². The second kappa shape index (κ2) is 9.14. The first kappa shape index (κ1) is 19.6. The molecule has 0 bridgehead atoms. The Morgan fingerprint density at radius 3 is 2.68 bits per heavy atom. The number of fused-ring (bicyclic) bond motifs is 1. The van der Waals surface area contributed by atoms with Crippen LogP contribution in [0.4, 0.5) is 5.69 Å². The number of carbonyl (C=O) groups is 1. The maximum atomic E-state index is 12.0. The van der Waals surface area contributed by atoms with Crippen LogP contribution in [0.5, 0.6) is 0 Å². The van der Waals surface area contributed by atoms with E-state index in [2.05, 4.69) is 20.2 Å². The first-order valence-corrected chi connectivity index (χ1v) is 9.15. The molecule has 0 aliphatic rings. The second-order valence-electron chi connectivity index (χ2n) is 6.62. The van der Waals surface area contributed by atoms with Crippen LogP contribution in [0.25, 0.3) is 10.9 Å². The van der Waals surface area contributed by atoms with Crippen molar-refractivity contribution >= 4 is 22.5 Å². The quantitative estimate of drug-likeness (QED) is 0.625. The number of likely N-dealkylation sites (N-methyl/N-ethyl adjacent to an activating group) is 1. The molecule has 28 heavy (non-hydrogen) atoms. The van der Waals surface area contributed by atoms with Crippen molar-refractivity contribution in [2.75, 3.05) is 25.1 Å². The molecule has 1 amide bonds. The molecule has 1 aromatic heterocycles. The van der Waals surface area contributed by atoms with Gasteiger partial charge in [-0.2, -0.15) is 0 Å². The normalized spacial score (nSPS) is 11.9. The number of hydrogen-bond donors (Lipinski definition) is 2. The SMILES string of the molecule is CC(CNC(=O)COCc1nc2ccccc2c(=O)[nH]1)N(C)c1ccccc1. The van der Waals surface area contributed by atoms with E-state index in [-0.39, 0.29) is 30.7 Å². The third-order valence-electron chi connectivity index (χ3n) is 4.55. The number of amides is 1. The highest BCUT2D eigenvalue weighted by atomic mass is 16.5. The summed E-state index contributed by atoms with van der Waals surface area (Å²) in [4.78, 5) is 33.2. The Balaban J connectivity index is 1.45. The lowest BCUT2D eigenvalue weighted by atomic mass is 10.2. The van der Waals surface area contributed by atoms with Gasteiger partial charge in [-0.25, -0.2) is 4.98 Å². The van der Waals surface area contributed by atoms with E-state index in [1.165, 1.54) is 0 Å². The van der Waals surface area contributed by atoms with Gasteiger partial charge in [-0.15, -0.1) is 0 Å². The van der Waals surface area contributed by atoms with Crippen LogP contribution in [0, 0.1) is 0 Å². The average molecular weight is 380 g/mol. The number of H-pyrrole nitrogens is 1. The Morgan fingerprint density at radius 1 is 1.18 bits per heavy atom. The van der Waals surface area contributed by atoms with Gasteiger partial charge in [0.1, 0.15) is 19.0 Å². The first-order valence-electron chi connectivity index (χ1n) is 9.15. The minimum atomic E-state index is -0.216. The van der Waals surface area contributed by atoms with Gasteiger partial charge in [0.25, 0.3) is 5.56 Å². The molecular weight excluding hydrogens is 356 g/mol. The van der Waals surface area contributed by atoms with Gasteiger partial charge in [-0.05, 0) is 31.2 Å². The van der Waals surface area contributed by atoms with Gasteiger partial charge in [0.15, 0.2) is 0 Å². The van der Waals surface area contributed by atoms with Crippen molar-refractivity contribution in [2.45, 2.75) is 19.6 Å². The lowest BCUT2D eigenvalue weighted by Crippen LogP contribution is -2.41. The fourth-order valence-corrected chi connectivity index (χ4v) is 2.81. The third kappa shape index (κ3) is 4.95. The van der Waals surface area contributed by atoms with E-state index in [1.54, 1.807) is 18.2 Å². The van der Waals surface area contributed by atoms with Crippen LogP contribution in [-0.4, -0.2) is 42.1 Å². The van der Waals surface area contributed by atoms with Crippen LogP contribution in [0.1, 0.15) is 12.7 Å². The minimum Gasteiger partial charge on any atom is -0.370 e. The number of aromatic amines is 1. The Morgan fingerprint density at radius 2 is 1.89 bits per heavy atom. The standard InChI is InChI=1S/C21H24N4O3/c1-15(25(2)16-8-4-3-5-9-16)12-22-20(26)14-28-13-19-23-18-11-7-6-10-17(18)21(27)24-19/h3-11,15H,12-14H2,1-2H3,(H,22,26)(H,23,24,27). The summed E-state index contributed by atoms with van der Waals surface area (Å²) in [6.45, 7) is 2.50. The van der Waals surface area contributed by atoms with Gasteiger partial charge in [-0.3, -0.25) is 9.59 Å². The second-order valence-corrected chi connectivity index (χ2v) is 6.62. The summed E-state index contributed by atoms with van der Waals surface area (Å²) in [5, 5.41) is 3.39. The summed E-state index contributed by atoms with van der Waals surface area (Å²) in [6, 6.07) is 17.2. The number of para-hydroxylation sites is 2. The van der Waals surface area contributed by atoms with Crippen molar-refractivity contribution in [2.24, 2.45) is 0 Å². The van der Waals surface area contributed by atoms with Crippen LogP contribution in [0.15, 0.2) is 59.4 Å². The highest BCUT2D eigenvalue weighted by molar-refractivity contribution is 5.77. The van der Waals surface area contributed by atoms with E-state index in [4.69, 9.17) is 4.74 Å². The minimum absolute atomic E-state index is 0.0625. The van der Waals surface area contributed by atoms with E-state index in [0.29, 0.717) is 23.3 Å². The highest BCUT2D eigenvalue weighted by Gasteiger charge is 2.11. The van der Waals surface area contributed by atoms with Crippen molar-refractivity contribution in [1.29, 1.82) is 0 Å². The summed E-state index contributed by atoms with van der Waals surface area (Å²) in [5.74, 6) is 0.185. The zero-order valence-electron chi connectivity index (χ0n) is 16.0. The number of ether oxygens (including phenoxy) is 1. The summed E-state index contributed by atoms with van der Waals surface area (Å²) < 4.78 is 5.40. The molecule has 7 nitrogen and oxygen atoms in total. The van der Waals surface area contributed by atoms with Crippen molar-refractivity contribution in [3.05, 3.63) is 70.8 Å². The molecule has 0 saturated heterocycles. The molecule has 146 valence electrons. The van der Waals surface area contributed by atoms with Gasteiger partial charge in [0.2, 0.25) is 5.91 Å². The predicted molar refractivity (Wildman–Crippen MR) is 109 cm³/mol. The number of benzene rings is 2. The van der Waals surface area contributed by atoms with Crippen LogP contribution >= 0.6 is 0 Å². The van der Waals surface area contributed by atoms with Crippen LogP contribution in [0.3, 0.4) is 0 Å². The monoisotopic (exact) mass is 380 g/mol. The van der Waals surface area contributed by atoms with Gasteiger partial charge < -0.3 is 19.9 Å². The fourth-order valence-electron chi connectivity index (χ4n) is 2.81. The highest BCUT2D eigenvalue weighted by Crippen LogP contribution is 2.13. The van der Waals surface area contributed by atoms with Crippen molar-refractivity contribution in [3.8, 4) is 0 Å². The number of rotatable bonds is 8. The summed E-state index contributed by atoms with van der Waals surface area (Å²) in [5.41, 5.74) is 1.48. The van der Waals surface area contributed by atoms with Gasteiger partial charge in [0.05, 0.1) is 10.9 Å². The number of hydrogen-bond acceptors (Lipinski definition) is 5. The lowest BCUT2D eigenvalue weighted by Gasteiger charge is -2.27. The average Bonchev–Trinajstić information content (AvgIpc) is 2.72. The Kier molecular flexibility index (Phi) is 6.39.